The van der Waals surface area contributed by atoms with Crippen LogP contribution < -0.4 is 0 Å². The van der Waals surface area contributed by atoms with Crippen LogP contribution in [0.2, 0.25) is 0 Å². The molecule has 0 atom stereocenters. The maximum Gasteiger partial charge on any atom is 0.136 e. The van der Waals surface area contributed by atoms with Gasteiger partial charge in [0.25, 0.3) is 0 Å². The lowest BCUT2D eigenvalue weighted by Crippen LogP contribution is -1.92. The van der Waals surface area contributed by atoms with Crippen molar-refractivity contribution in [2.75, 3.05) is 0 Å². The van der Waals surface area contributed by atoms with Crippen molar-refractivity contribution in [3.63, 3.8) is 0 Å². The zero-order chi connectivity index (χ0) is 59.6. The summed E-state index contributed by atoms with van der Waals surface area (Å²) in [7, 11) is 0. The fourth-order valence-electron chi connectivity index (χ4n) is 6.42. The number of rotatable bonds is 3. The summed E-state index contributed by atoms with van der Waals surface area (Å²) < 4.78 is 279. The first-order valence-corrected chi connectivity index (χ1v) is 15.2. The minimum absolute atomic E-state index is 0.430. The Labute approximate surface area is 336 Å². The van der Waals surface area contributed by atoms with Crippen molar-refractivity contribution < 1.29 is 45.5 Å². The van der Waals surface area contributed by atoms with Crippen LogP contribution in [0.3, 0.4) is 0 Å². The van der Waals surface area contributed by atoms with Crippen LogP contribution >= 0.6 is 0 Å². The molecule has 0 spiro atoms. The summed E-state index contributed by atoms with van der Waals surface area (Å²) in [6, 6.07) is -28.5. The van der Waals surface area contributed by atoms with E-state index in [1.807, 2.05) is 0 Å². The smallest absolute Gasteiger partial charge is 0.136 e. The lowest BCUT2D eigenvalue weighted by atomic mass is 9.83. The van der Waals surface area contributed by atoms with E-state index in [1.165, 1.54) is 0 Å². The Bertz CT molecular complexity index is 4850. The van der Waals surface area contributed by atoms with E-state index in [9.17, 15) is 17.8 Å². The third kappa shape index (κ3) is 4.22. The van der Waals surface area contributed by atoms with Crippen molar-refractivity contribution in [3.05, 3.63) is 181 Å². The Morgan fingerprint density at radius 1 is 0.314 bits per heavy atom. The lowest BCUT2D eigenvalue weighted by Gasteiger charge is -2.20. The monoisotopic (exact) mass is 676 g/mol. The highest BCUT2D eigenvalue weighted by Crippen LogP contribution is 2.47. The number of benzene rings is 10. The molecule has 1 nitrogen and oxygen atoms in total. The number of hydrogen-bond acceptors (Lipinski definition) is 1. The summed E-state index contributed by atoms with van der Waals surface area (Å²) in [6.45, 7) is 0. The molecule has 1 heteroatoms. The average molecular weight is 677 g/mol. The predicted molar refractivity (Wildman–Crippen MR) is 218 cm³/mol. The molecule has 1 aromatic heterocycles. The van der Waals surface area contributed by atoms with Gasteiger partial charge in [-0.25, -0.2) is 0 Å². The second-order valence-corrected chi connectivity index (χ2v) is 11.3. The molecule has 11 aromatic rings. The quantitative estimate of drug-likeness (QED) is 0.170. The van der Waals surface area contributed by atoms with Gasteiger partial charge in [-0.15, -0.1) is 0 Å². The summed E-state index contributed by atoms with van der Waals surface area (Å²) in [4.78, 5) is 0. The van der Waals surface area contributed by atoms with Crippen LogP contribution in [0, 0.1) is 0 Å². The van der Waals surface area contributed by atoms with Gasteiger partial charge in [0, 0.05) is 10.8 Å². The molecule has 0 radical (unpaired) electrons. The highest BCUT2D eigenvalue weighted by atomic mass is 16.3. The summed E-state index contributed by atoms with van der Waals surface area (Å²) in [6.07, 6.45) is 0. The van der Waals surface area contributed by atoms with E-state index in [1.54, 1.807) is 0 Å². The minimum Gasteiger partial charge on any atom is -0.456 e. The van der Waals surface area contributed by atoms with Gasteiger partial charge in [0.05, 0.1) is 41.1 Å². The van der Waals surface area contributed by atoms with Gasteiger partial charge in [0.15, 0.2) is 0 Å². The van der Waals surface area contributed by atoms with Gasteiger partial charge in [0.1, 0.15) is 11.2 Å². The molecule has 0 aliphatic heterocycles. The van der Waals surface area contributed by atoms with Crippen molar-refractivity contribution in [1.29, 1.82) is 0 Å². The molecular formula is C50H30O. The van der Waals surface area contributed by atoms with Gasteiger partial charge >= 0.3 is 0 Å². The molecule has 0 bridgehead atoms. The lowest BCUT2D eigenvalue weighted by molar-refractivity contribution is 0.669. The van der Waals surface area contributed by atoms with Crippen molar-refractivity contribution >= 4 is 75.8 Å². The molecule has 0 aliphatic carbocycles. The predicted octanol–water partition coefficient (Wildman–Crippen LogP) is 14.4. The topological polar surface area (TPSA) is 13.1 Å². The van der Waals surface area contributed by atoms with Crippen molar-refractivity contribution in [2.45, 2.75) is 0 Å². The molecule has 236 valence electrons. The third-order valence-corrected chi connectivity index (χ3v) is 8.57. The van der Waals surface area contributed by atoms with Crippen LogP contribution in [0.1, 0.15) is 41.1 Å². The zero-order valence-electron chi connectivity index (χ0n) is 55.4. The molecule has 0 fully saturated rings. The number of fused-ring (bicyclic) bond motifs is 9. The van der Waals surface area contributed by atoms with Gasteiger partial charge < -0.3 is 4.42 Å². The van der Waals surface area contributed by atoms with Crippen LogP contribution in [-0.4, -0.2) is 0 Å². The van der Waals surface area contributed by atoms with Crippen molar-refractivity contribution in [3.8, 4) is 33.4 Å². The molecule has 0 aliphatic rings. The van der Waals surface area contributed by atoms with Gasteiger partial charge in [-0.2, -0.15) is 0 Å². The fourth-order valence-corrected chi connectivity index (χ4v) is 6.42. The Morgan fingerprint density at radius 2 is 0.824 bits per heavy atom. The van der Waals surface area contributed by atoms with Gasteiger partial charge in [0.2, 0.25) is 0 Å². The standard InChI is InChI=1S/C50H30O/c1-2-13-33-29-34(22-21-31(33)11-1)36-25-26-44(39-16-6-5-15-38(36)39)49-42-19-9-7-17-40(42)48(41-18-8-10-20-43(41)49)35-24-27-46-45(30-35)50-37-14-4-3-12-32(37)23-28-47(50)51-46/h1-30H/i1D,2D,3D,4D,5D,6D,7D,8D,9D,10D,11D,12D,13D,14D,15D,16D,17D,18D,19D,20D,21D,22D,23D,24D,25D,26D,27D,28D,29D,30D. The van der Waals surface area contributed by atoms with Gasteiger partial charge in [-0.1, -0.05) is 157 Å². The van der Waals surface area contributed by atoms with Crippen LogP contribution in [0.5, 0.6) is 0 Å². The molecule has 51 heavy (non-hydrogen) atoms. The first kappa shape index (κ1) is 11.7. The van der Waals surface area contributed by atoms with Crippen LogP contribution in [0.15, 0.2) is 186 Å². The van der Waals surface area contributed by atoms with E-state index in [-0.39, 0.29) is 0 Å². The van der Waals surface area contributed by atoms with Crippen LogP contribution in [0.4, 0.5) is 0 Å². The van der Waals surface area contributed by atoms with E-state index in [2.05, 4.69) is 0 Å². The molecular weight excluding hydrogens is 617 g/mol. The summed E-state index contributed by atoms with van der Waals surface area (Å²) >= 11 is 0. The Hall–Kier alpha value is -6.70. The van der Waals surface area contributed by atoms with E-state index in [0.29, 0.717) is 0 Å². The molecule has 0 N–H and O–H groups in total. The Kier molecular flexibility index (Phi) is 2.50. The molecule has 0 saturated heterocycles. The second kappa shape index (κ2) is 10.9. The molecule has 1 heterocycles. The van der Waals surface area contributed by atoms with E-state index < -0.39 is 290 Å². The highest BCUT2D eigenvalue weighted by molar-refractivity contribution is 6.25. The van der Waals surface area contributed by atoms with Crippen molar-refractivity contribution in [2.24, 2.45) is 0 Å². The summed E-state index contributed by atoms with van der Waals surface area (Å²) in [5.41, 5.74) is -6.09. The van der Waals surface area contributed by atoms with Crippen LogP contribution in [-0.2, 0) is 0 Å². The molecule has 11 rings (SSSR count). The van der Waals surface area contributed by atoms with E-state index >= 15 is 0 Å². The first-order valence-electron chi connectivity index (χ1n) is 30.2. The van der Waals surface area contributed by atoms with E-state index in [0.717, 1.165) is 0 Å². The maximum atomic E-state index is 9.99. The third-order valence-electron chi connectivity index (χ3n) is 8.57. The van der Waals surface area contributed by atoms with E-state index in [4.69, 9.17) is 27.7 Å². The summed E-state index contributed by atoms with van der Waals surface area (Å²) in [5.74, 6) is 0. The molecule has 0 saturated carbocycles. The Balaban J connectivity index is 1.44. The second-order valence-electron chi connectivity index (χ2n) is 11.3. The van der Waals surface area contributed by atoms with Gasteiger partial charge in [-0.3, -0.25) is 0 Å². The first-order chi connectivity index (χ1) is 37.8. The largest absolute Gasteiger partial charge is 0.456 e. The molecule has 0 unspecified atom stereocenters. The maximum absolute atomic E-state index is 9.99. The van der Waals surface area contributed by atoms with Crippen molar-refractivity contribution in [1.82, 2.24) is 0 Å². The molecule has 0 amide bonds. The fraction of sp³-hybridized carbons (Fsp3) is 0. The zero-order valence-corrected chi connectivity index (χ0v) is 25.4. The number of furan rings is 1. The Morgan fingerprint density at radius 3 is 1.55 bits per heavy atom. The van der Waals surface area contributed by atoms with Crippen LogP contribution in [0.25, 0.3) is 109 Å². The molecule has 10 aromatic carbocycles. The highest BCUT2D eigenvalue weighted by Gasteiger charge is 2.20. The minimum atomic E-state index is -1.14. The SMILES string of the molecule is [2H]c1c(-c2c3c([2H])c([2H])c([2H])c([2H])c3c(-c3c([2H])c([2H])c(-c4c([2H])c([2H])c5c([2H])c([2H])c([2H])c([2H])c5c4[2H])c4c([2H])c([2H])c([2H])c([2H])c34)c3c([2H])c([2H])c([2H])c([2H])c23)c([2H])c2c(oc3c([2H])c([2H])c4c([2H])c([2H])c([2H])c([2H])c4c32)c1[2H]. The average Bonchev–Trinajstić information content (AvgIpc) is 4.10. The number of hydrogen-bond donors (Lipinski definition) is 0. The summed E-state index contributed by atoms with van der Waals surface area (Å²) in [5, 5.41) is -7.98. The van der Waals surface area contributed by atoms with Gasteiger partial charge in [-0.05, 0) is 111 Å². The normalized spacial score (nSPS) is 20.2.